The Hall–Kier alpha value is -3.04. The average molecular weight is 493 g/mol. The monoisotopic (exact) mass is 492 g/mol. The second-order valence-corrected chi connectivity index (χ2v) is 9.85. The number of morpholine rings is 1. The van der Waals surface area contributed by atoms with E-state index in [0.717, 1.165) is 75.7 Å². The Morgan fingerprint density at radius 1 is 0.917 bits per heavy atom. The van der Waals surface area contributed by atoms with E-state index in [9.17, 15) is 9.59 Å². The van der Waals surface area contributed by atoms with Crippen LogP contribution in [0, 0.1) is 5.92 Å². The Morgan fingerprint density at radius 3 is 2.44 bits per heavy atom. The summed E-state index contributed by atoms with van der Waals surface area (Å²) in [5.41, 5.74) is 1.89. The van der Waals surface area contributed by atoms with Crippen molar-refractivity contribution in [2.75, 3.05) is 77.0 Å². The van der Waals surface area contributed by atoms with E-state index in [0.29, 0.717) is 26.2 Å². The van der Waals surface area contributed by atoms with Crippen LogP contribution in [0.5, 0.6) is 0 Å². The van der Waals surface area contributed by atoms with E-state index in [4.69, 9.17) is 4.74 Å². The maximum absolute atomic E-state index is 13.3. The molecule has 9 nitrogen and oxygen atoms in total. The molecule has 0 unspecified atom stereocenters. The van der Waals surface area contributed by atoms with Crippen LogP contribution in [0.4, 0.5) is 5.82 Å². The van der Waals surface area contributed by atoms with Crippen LogP contribution >= 0.6 is 0 Å². The molecule has 2 saturated heterocycles. The number of carbonyl (C=O) groups is 2. The standard InChI is InChI=1S/C27H36N6O3/c34-26(21-33(27(35)23-7-8-23)14-13-30-17-19-36-20-18-30)32-12-4-11-31(15-16-32)25-10-9-24(28-29-25)22-5-2-1-3-6-22/h1-3,5-6,9-10,23H,4,7-8,11-21H2. The molecule has 2 aliphatic heterocycles. The second-order valence-electron chi connectivity index (χ2n) is 9.85. The van der Waals surface area contributed by atoms with Crippen molar-refractivity contribution in [1.82, 2.24) is 24.9 Å². The Morgan fingerprint density at radius 2 is 1.72 bits per heavy atom. The highest BCUT2D eigenvalue weighted by Gasteiger charge is 2.35. The van der Waals surface area contributed by atoms with Gasteiger partial charge in [0.15, 0.2) is 5.82 Å². The Labute approximate surface area is 213 Å². The maximum atomic E-state index is 13.3. The third-order valence-corrected chi connectivity index (χ3v) is 7.25. The summed E-state index contributed by atoms with van der Waals surface area (Å²) in [6.07, 6.45) is 2.76. The molecule has 1 aromatic carbocycles. The van der Waals surface area contributed by atoms with E-state index in [-0.39, 0.29) is 24.3 Å². The van der Waals surface area contributed by atoms with Crippen LogP contribution in [0.1, 0.15) is 19.3 Å². The minimum atomic E-state index is 0.0401. The molecule has 2 aromatic rings. The van der Waals surface area contributed by atoms with E-state index in [1.54, 1.807) is 4.90 Å². The highest BCUT2D eigenvalue weighted by atomic mass is 16.5. The lowest BCUT2D eigenvalue weighted by atomic mass is 10.1. The first-order valence-corrected chi connectivity index (χ1v) is 13.2. The number of nitrogens with zero attached hydrogens (tertiary/aromatic N) is 6. The fourth-order valence-corrected chi connectivity index (χ4v) is 4.86. The SMILES string of the molecule is O=C(CN(CCN1CCOCC1)C(=O)C1CC1)N1CCCN(c2ccc(-c3ccccc3)nn2)CC1. The van der Waals surface area contributed by atoms with Gasteiger partial charge in [-0.25, -0.2) is 0 Å². The Balaban J connectivity index is 1.15. The molecule has 0 atom stereocenters. The molecular weight excluding hydrogens is 456 g/mol. The van der Waals surface area contributed by atoms with Gasteiger partial charge in [0.25, 0.3) is 0 Å². The van der Waals surface area contributed by atoms with Crippen LogP contribution in [-0.4, -0.2) is 109 Å². The molecule has 192 valence electrons. The van der Waals surface area contributed by atoms with E-state index >= 15 is 0 Å². The number of carbonyl (C=O) groups excluding carboxylic acids is 2. The zero-order valence-electron chi connectivity index (χ0n) is 20.9. The third kappa shape index (κ3) is 6.39. The molecule has 1 saturated carbocycles. The predicted octanol–water partition coefficient (Wildman–Crippen LogP) is 1.75. The quantitative estimate of drug-likeness (QED) is 0.555. The smallest absolute Gasteiger partial charge is 0.242 e. The van der Waals surface area contributed by atoms with E-state index in [1.807, 2.05) is 47.4 Å². The lowest BCUT2D eigenvalue weighted by Crippen LogP contribution is -2.48. The fourth-order valence-electron chi connectivity index (χ4n) is 4.86. The van der Waals surface area contributed by atoms with Crippen molar-refractivity contribution < 1.29 is 14.3 Å². The molecule has 0 spiro atoms. The van der Waals surface area contributed by atoms with Crippen molar-refractivity contribution in [3.05, 3.63) is 42.5 Å². The number of anilines is 1. The fraction of sp³-hybridized carbons (Fsp3) is 0.556. The van der Waals surface area contributed by atoms with Gasteiger partial charge in [0.2, 0.25) is 11.8 Å². The average Bonchev–Trinajstić information content (AvgIpc) is 3.79. The normalized spacial score (nSPS) is 19.1. The Bertz CT molecular complexity index is 1010. The van der Waals surface area contributed by atoms with Gasteiger partial charge < -0.3 is 19.4 Å². The molecule has 5 rings (SSSR count). The molecule has 1 aliphatic carbocycles. The molecule has 36 heavy (non-hydrogen) atoms. The zero-order valence-corrected chi connectivity index (χ0v) is 20.9. The van der Waals surface area contributed by atoms with Gasteiger partial charge in [-0.15, -0.1) is 10.2 Å². The van der Waals surface area contributed by atoms with Crippen molar-refractivity contribution >= 4 is 17.6 Å². The molecule has 9 heteroatoms. The summed E-state index contributed by atoms with van der Waals surface area (Å²) < 4.78 is 5.43. The largest absolute Gasteiger partial charge is 0.379 e. The van der Waals surface area contributed by atoms with E-state index in [1.165, 1.54) is 0 Å². The second kappa shape index (κ2) is 11.8. The number of benzene rings is 1. The number of hydrogen-bond donors (Lipinski definition) is 0. The molecule has 2 amide bonds. The summed E-state index contributed by atoms with van der Waals surface area (Å²) in [5.74, 6) is 1.12. The van der Waals surface area contributed by atoms with Crippen molar-refractivity contribution in [2.24, 2.45) is 5.92 Å². The molecule has 0 N–H and O–H groups in total. The molecule has 3 aliphatic rings. The number of amides is 2. The summed E-state index contributed by atoms with van der Waals surface area (Å²) in [6, 6.07) is 14.0. The highest BCUT2D eigenvalue weighted by Crippen LogP contribution is 2.31. The van der Waals surface area contributed by atoms with Gasteiger partial charge in [0.1, 0.15) is 0 Å². The predicted molar refractivity (Wildman–Crippen MR) is 137 cm³/mol. The summed E-state index contributed by atoms with van der Waals surface area (Å²) in [5, 5.41) is 8.88. The van der Waals surface area contributed by atoms with Crippen LogP contribution in [0.25, 0.3) is 11.3 Å². The van der Waals surface area contributed by atoms with Crippen LogP contribution in [0.2, 0.25) is 0 Å². The zero-order chi connectivity index (χ0) is 24.7. The van der Waals surface area contributed by atoms with Gasteiger partial charge in [-0.3, -0.25) is 14.5 Å². The Kier molecular flexibility index (Phi) is 8.08. The van der Waals surface area contributed by atoms with Crippen LogP contribution in [0.3, 0.4) is 0 Å². The number of rotatable bonds is 8. The van der Waals surface area contributed by atoms with Gasteiger partial charge in [-0.1, -0.05) is 30.3 Å². The van der Waals surface area contributed by atoms with Gasteiger partial charge in [0.05, 0.1) is 25.5 Å². The molecular formula is C27H36N6O3. The summed E-state index contributed by atoms with van der Waals surface area (Å²) in [7, 11) is 0. The number of hydrogen-bond acceptors (Lipinski definition) is 7. The van der Waals surface area contributed by atoms with Gasteiger partial charge in [-0.05, 0) is 31.4 Å². The third-order valence-electron chi connectivity index (χ3n) is 7.25. The van der Waals surface area contributed by atoms with E-state index in [2.05, 4.69) is 20.0 Å². The van der Waals surface area contributed by atoms with Crippen molar-refractivity contribution in [2.45, 2.75) is 19.3 Å². The summed E-state index contributed by atoms with van der Waals surface area (Å²) in [6.45, 7) is 7.65. The molecule has 3 fully saturated rings. The summed E-state index contributed by atoms with van der Waals surface area (Å²) in [4.78, 5) is 34.4. The van der Waals surface area contributed by atoms with Crippen LogP contribution in [-0.2, 0) is 14.3 Å². The first-order valence-electron chi connectivity index (χ1n) is 13.2. The topological polar surface area (TPSA) is 82.1 Å². The van der Waals surface area contributed by atoms with Crippen molar-refractivity contribution in [1.29, 1.82) is 0 Å². The highest BCUT2D eigenvalue weighted by molar-refractivity contribution is 5.87. The molecule has 0 radical (unpaired) electrons. The maximum Gasteiger partial charge on any atom is 0.242 e. The van der Waals surface area contributed by atoms with Gasteiger partial charge in [-0.2, -0.15) is 0 Å². The van der Waals surface area contributed by atoms with Crippen molar-refractivity contribution in [3.8, 4) is 11.3 Å². The number of ether oxygens (including phenoxy) is 1. The van der Waals surface area contributed by atoms with Gasteiger partial charge >= 0.3 is 0 Å². The van der Waals surface area contributed by atoms with Gasteiger partial charge in [0, 0.05) is 63.8 Å². The minimum absolute atomic E-state index is 0.0401. The first-order chi connectivity index (χ1) is 17.7. The molecule has 1 aromatic heterocycles. The molecule has 3 heterocycles. The minimum Gasteiger partial charge on any atom is -0.379 e. The van der Waals surface area contributed by atoms with Crippen LogP contribution in [0.15, 0.2) is 42.5 Å². The lowest BCUT2D eigenvalue weighted by molar-refractivity contribution is -0.141. The van der Waals surface area contributed by atoms with Crippen LogP contribution < -0.4 is 4.90 Å². The molecule has 0 bridgehead atoms. The lowest BCUT2D eigenvalue weighted by Gasteiger charge is -2.31. The van der Waals surface area contributed by atoms with E-state index < -0.39 is 0 Å². The summed E-state index contributed by atoms with van der Waals surface area (Å²) >= 11 is 0. The first kappa shape index (κ1) is 24.6. The van der Waals surface area contributed by atoms with Crippen molar-refractivity contribution in [3.63, 3.8) is 0 Å². The number of aromatic nitrogens is 2.